The molecule has 1 saturated heterocycles. The van der Waals surface area contributed by atoms with Gasteiger partial charge in [0.25, 0.3) is 0 Å². The Hall–Kier alpha value is -1.27. The number of aromatic nitrogens is 1. The minimum absolute atomic E-state index is 0.200. The number of fused-ring (bicyclic) bond motifs is 1. The van der Waals surface area contributed by atoms with E-state index in [1.165, 1.54) is 4.88 Å². The van der Waals surface area contributed by atoms with E-state index in [9.17, 15) is 0 Å². The van der Waals surface area contributed by atoms with Gasteiger partial charge in [-0.05, 0) is 35.9 Å². The minimum atomic E-state index is 0.200. The van der Waals surface area contributed by atoms with Crippen LogP contribution in [0.4, 0.5) is 0 Å². The van der Waals surface area contributed by atoms with Crippen LogP contribution < -0.4 is 0 Å². The van der Waals surface area contributed by atoms with Crippen LogP contribution in [0.25, 0.3) is 0 Å². The number of hydrogen-bond donors (Lipinski definition) is 0. The first-order chi connectivity index (χ1) is 11.4. The normalized spacial score (nSPS) is 27.9. The summed E-state index contributed by atoms with van der Waals surface area (Å²) in [5.74, 6) is 0. The zero-order valence-electron chi connectivity index (χ0n) is 13.1. The first-order valence-corrected chi connectivity index (χ1v) is 9.16. The van der Waals surface area contributed by atoms with Crippen molar-refractivity contribution in [2.45, 2.75) is 44.2 Å². The third kappa shape index (κ3) is 3.48. The van der Waals surface area contributed by atoms with Gasteiger partial charge in [0.15, 0.2) is 0 Å². The summed E-state index contributed by atoms with van der Waals surface area (Å²) in [5, 5.41) is 2.15. The fourth-order valence-corrected chi connectivity index (χ4v) is 4.39. The van der Waals surface area contributed by atoms with Gasteiger partial charge in [-0.1, -0.05) is 12.1 Å². The van der Waals surface area contributed by atoms with Crippen molar-refractivity contribution in [2.24, 2.45) is 0 Å². The molecule has 2 aliphatic rings. The molecule has 4 rings (SSSR count). The average Bonchev–Trinajstić information content (AvgIpc) is 3.24. The number of hydrogen-bond acceptors (Lipinski definition) is 5. The lowest BCUT2D eigenvalue weighted by Gasteiger charge is -2.38. The second kappa shape index (κ2) is 7.09. The van der Waals surface area contributed by atoms with Gasteiger partial charge in [-0.3, -0.25) is 9.88 Å². The highest BCUT2D eigenvalue weighted by molar-refractivity contribution is 7.09. The van der Waals surface area contributed by atoms with Crippen molar-refractivity contribution >= 4 is 11.3 Å². The lowest BCUT2D eigenvalue weighted by atomic mass is 10.1. The molecule has 2 aromatic rings. The van der Waals surface area contributed by atoms with E-state index in [0.29, 0.717) is 12.6 Å². The average molecular weight is 330 g/mol. The number of ether oxygens (including phenoxy) is 2. The fourth-order valence-electron chi connectivity index (χ4n) is 3.66. The Morgan fingerprint density at radius 2 is 2.30 bits per heavy atom. The lowest BCUT2D eigenvalue weighted by Crippen LogP contribution is -2.51. The van der Waals surface area contributed by atoms with Crippen molar-refractivity contribution in [1.82, 2.24) is 9.88 Å². The molecular weight excluding hydrogens is 308 g/mol. The first-order valence-electron chi connectivity index (χ1n) is 8.29. The molecule has 122 valence electrons. The van der Waals surface area contributed by atoms with Gasteiger partial charge in [0.2, 0.25) is 0 Å². The molecule has 3 heterocycles. The number of pyridine rings is 1. The van der Waals surface area contributed by atoms with Gasteiger partial charge in [0.1, 0.15) is 0 Å². The maximum Gasteiger partial charge on any atom is 0.0992 e. The van der Waals surface area contributed by atoms with Crippen LogP contribution in [-0.4, -0.2) is 41.3 Å². The highest BCUT2D eigenvalue weighted by Gasteiger charge is 2.43. The van der Waals surface area contributed by atoms with E-state index in [0.717, 1.165) is 38.1 Å². The molecule has 2 aromatic heterocycles. The molecule has 5 heteroatoms. The van der Waals surface area contributed by atoms with Gasteiger partial charge in [-0.15, -0.1) is 11.3 Å². The van der Waals surface area contributed by atoms with E-state index in [4.69, 9.17) is 9.47 Å². The van der Waals surface area contributed by atoms with Crippen LogP contribution in [-0.2, 0) is 22.6 Å². The monoisotopic (exact) mass is 330 g/mol. The third-order valence-corrected chi connectivity index (χ3v) is 5.64. The molecular formula is C18H22N2O2S. The largest absolute Gasteiger partial charge is 0.373 e. The molecule has 0 unspecified atom stereocenters. The zero-order chi connectivity index (χ0) is 15.5. The molecule has 0 bridgehead atoms. The highest BCUT2D eigenvalue weighted by atomic mass is 32.1. The Balaban J connectivity index is 1.37. The third-order valence-electron chi connectivity index (χ3n) is 4.78. The van der Waals surface area contributed by atoms with Gasteiger partial charge >= 0.3 is 0 Å². The summed E-state index contributed by atoms with van der Waals surface area (Å²) in [7, 11) is 0. The summed E-state index contributed by atoms with van der Waals surface area (Å²) in [6.07, 6.45) is 6.32. The van der Waals surface area contributed by atoms with Gasteiger partial charge in [0, 0.05) is 36.4 Å². The van der Waals surface area contributed by atoms with Crippen LogP contribution in [0.2, 0.25) is 0 Å². The summed E-state index contributed by atoms with van der Waals surface area (Å²) in [5.41, 5.74) is 1.13. The fraction of sp³-hybridized carbons (Fsp3) is 0.500. The SMILES string of the molecule is c1cncc(CO[C@@H]2CC[C@@H]3[C@@H]2OCCN3Cc2cccs2)c1. The predicted octanol–water partition coefficient (Wildman–Crippen LogP) is 3.09. The van der Waals surface area contributed by atoms with Crippen LogP contribution >= 0.6 is 11.3 Å². The Bertz CT molecular complexity index is 605. The second-order valence-corrected chi connectivity index (χ2v) is 7.27. The molecule has 1 saturated carbocycles. The molecule has 0 aromatic carbocycles. The van der Waals surface area contributed by atoms with E-state index in [2.05, 4.69) is 33.5 Å². The highest BCUT2D eigenvalue weighted by Crippen LogP contribution is 2.33. The smallest absolute Gasteiger partial charge is 0.0992 e. The van der Waals surface area contributed by atoms with Crippen LogP contribution in [0.1, 0.15) is 23.3 Å². The van der Waals surface area contributed by atoms with Crippen LogP contribution in [0.3, 0.4) is 0 Å². The Kier molecular flexibility index (Phi) is 4.71. The van der Waals surface area contributed by atoms with Gasteiger partial charge < -0.3 is 9.47 Å². The molecule has 3 atom stereocenters. The summed E-state index contributed by atoms with van der Waals surface area (Å²) in [6.45, 7) is 3.49. The summed E-state index contributed by atoms with van der Waals surface area (Å²) in [4.78, 5) is 8.16. The van der Waals surface area contributed by atoms with E-state index in [1.54, 1.807) is 6.20 Å². The van der Waals surface area contributed by atoms with Gasteiger partial charge in [0.05, 0.1) is 25.4 Å². The van der Waals surface area contributed by atoms with Crippen LogP contribution in [0.5, 0.6) is 0 Å². The molecule has 2 fully saturated rings. The maximum absolute atomic E-state index is 6.15. The van der Waals surface area contributed by atoms with E-state index in [-0.39, 0.29) is 12.2 Å². The zero-order valence-corrected chi connectivity index (χ0v) is 14.0. The standard InChI is InChI=1S/C18H22N2O2S/c1-3-14(11-19-7-1)13-22-17-6-5-16-18(17)21-9-8-20(16)12-15-4-2-10-23-15/h1-4,7,10-11,16-18H,5-6,8-9,12-13H2/t16-,17-,18+/m1/s1. The molecule has 1 aliphatic carbocycles. The van der Waals surface area contributed by atoms with Crippen molar-refractivity contribution in [3.63, 3.8) is 0 Å². The van der Waals surface area contributed by atoms with Gasteiger partial charge in [-0.2, -0.15) is 0 Å². The Labute approximate surface area is 141 Å². The van der Waals surface area contributed by atoms with E-state index < -0.39 is 0 Å². The molecule has 0 amide bonds. The van der Waals surface area contributed by atoms with Crippen molar-refractivity contribution in [3.05, 3.63) is 52.5 Å². The Morgan fingerprint density at radius 3 is 3.13 bits per heavy atom. The summed E-state index contributed by atoms with van der Waals surface area (Å²) >= 11 is 1.84. The molecule has 0 radical (unpaired) electrons. The number of rotatable bonds is 5. The van der Waals surface area contributed by atoms with Crippen molar-refractivity contribution < 1.29 is 9.47 Å². The van der Waals surface area contributed by atoms with Crippen LogP contribution in [0, 0.1) is 0 Å². The summed E-state index contributed by atoms with van der Waals surface area (Å²) < 4.78 is 12.2. The van der Waals surface area contributed by atoms with Crippen molar-refractivity contribution in [1.29, 1.82) is 0 Å². The van der Waals surface area contributed by atoms with Crippen LogP contribution in [0.15, 0.2) is 42.0 Å². The maximum atomic E-state index is 6.15. The molecule has 0 spiro atoms. The van der Waals surface area contributed by atoms with Gasteiger partial charge in [-0.25, -0.2) is 0 Å². The number of thiophene rings is 1. The molecule has 4 nitrogen and oxygen atoms in total. The first kappa shape index (κ1) is 15.3. The van der Waals surface area contributed by atoms with E-state index in [1.807, 2.05) is 23.6 Å². The lowest BCUT2D eigenvalue weighted by molar-refractivity contribution is -0.118. The molecule has 1 aliphatic heterocycles. The number of morpholine rings is 1. The Morgan fingerprint density at radius 1 is 1.30 bits per heavy atom. The minimum Gasteiger partial charge on any atom is -0.373 e. The topological polar surface area (TPSA) is 34.6 Å². The molecule has 23 heavy (non-hydrogen) atoms. The van der Waals surface area contributed by atoms with E-state index >= 15 is 0 Å². The quantitative estimate of drug-likeness (QED) is 0.844. The van der Waals surface area contributed by atoms with Crippen molar-refractivity contribution in [3.8, 4) is 0 Å². The van der Waals surface area contributed by atoms with Crippen molar-refractivity contribution in [2.75, 3.05) is 13.2 Å². The number of nitrogens with zero attached hydrogens (tertiary/aromatic N) is 2. The molecule has 0 N–H and O–H groups in total. The summed E-state index contributed by atoms with van der Waals surface area (Å²) in [6, 6.07) is 8.86. The second-order valence-electron chi connectivity index (χ2n) is 6.24. The predicted molar refractivity (Wildman–Crippen MR) is 90.3 cm³/mol.